The fourth-order valence-electron chi connectivity index (χ4n) is 2.07. The molecule has 1 atom stereocenters. The van der Waals surface area contributed by atoms with E-state index in [0.717, 1.165) is 24.8 Å². The average Bonchev–Trinajstić information content (AvgIpc) is 2.90. The Hall–Kier alpha value is -1.12. The van der Waals surface area contributed by atoms with Crippen LogP contribution < -0.4 is 0 Å². The summed E-state index contributed by atoms with van der Waals surface area (Å²) in [5.41, 5.74) is 1.58. The van der Waals surface area contributed by atoms with E-state index in [1.165, 1.54) is 10.4 Å². The Balaban J connectivity index is 2.04. The molecule has 2 aromatic rings. The molecule has 1 aromatic carbocycles. The van der Waals surface area contributed by atoms with Crippen molar-refractivity contribution in [3.05, 3.63) is 57.8 Å². The third kappa shape index (κ3) is 3.21. The smallest absolute Gasteiger partial charge is 0.0872 e. The summed E-state index contributed by atoms with van der Waals surface area (Å²) in [4.78, 5) is 1.33. The number of hydrogen-bond donors (Lipinski definition) is 1. The molecule has 0 saturated carbocycles. The summed E-state index contributed by atoms with van der Waals surface area (Å²) in [5.74, 6) is 0. The van der Waals surface area contributed by atoms with Crippen molar-refractivity contribution < 1.29 is 5.11 Å². The highest BCUT2D eigenvalue weighted by atomic mass is 32.1. The Morgan fingerprint density at radius 3 is 2.44 bits per heavy atom. The maximum absolute atomic E-state index is 10.6. The van der Waals surface area contributed by atoms with Crippen molar-refractivity contribution in [1.82, 2.24) is 0 Å². The second-order valence-corrected chi connectivity index (χ2v) is 5.94. The van der Waals surface area contributed by atoms with E-state index in [4.69, 9.17) is 0 Å². The zero-order chi connectivity index (χ0) is 13.0. The molecule has 0 aliphatic heterocycles. The van der Waals surface area contributed by atoms with Gasteiger partial charge in [-0.25, -0.2) is 0 Å². The maximum atomic E-state index is 10.6. The van der Waals surface area contributed by atoms with Crippen molar-refractivity contribution >= 4 is 11.3 Å². The molecule has 1 unspecified atom stereocenters. The molecule has 0 radical (unpaired) electrons. The lowest BCUT2D eigenvalue weighted by molar-refractivity contribution is 0.0482. The third-order valence-corrected chi connectivity index (χ3v) is 4.36. The summed E-state index contributed by atoms with van der Waals surface area (Å²) in [6, 6.07) is 12.5. The molecule has 1 aromatic heterocycles. The highest BCUT2D eigenvalue weighted by molar-refractivity contribution is 7.09. The van der Waals surface area contributed by atoms with E-state index in [-0.39, 0.29) is 0 Å². The molecular formula is C16H20OS. The second-order valence-electron chi connectivity index (χ2n) is 4.90. The van der Waals surface area contributed by atoms with E-state index < -0.39 is 5.60 Å². The third-order valence-electron chi connectivity index (χ3n) is 3.42. The largest absolute Gasteiger partial charge is 0.385 e. The zero-order valence-corrected chi connectivity index (χ0v) is 11.8. The van der Waals surface area contributed by atoms with Crippen LogP contribution >= 0.6 is 11.3 Å². The SMILES string of the molecule is CCc1ccc(C(C)(O)CCc2cccs2)cc1. The van der Waals surface area contributed by atoms with Crippen LogP contribution in [0, 0.1) is 0 Å². The molecule has 96 valence electrons. The predicted molar refractivity (Wildman–Crippen MR) is 78.0 cm³/mol. The van der Waals surface area contributed by atoms with Gasteiger partial charge in [0, 0.05) is 4.88 Å². The maximum Gasteiger partial charge on any atom is 0.0872 e. The summed E-state index contributed by atoms with van der Waals surface area (Å²) in [5, 5.41) is 12.6. The van der Waals surface area contributed by atoms with Crippen molar-refractivity contribution in [2.24, 2.45) is 0 Å². The first-order chi connectivity index (χ1) is 8.62. The van der Waals surface area contributed by atoms with Gasteiger partial charge < -0.3 is 5.11 Å². The van der Waals surface area contributed by atoms with E-state index in [2.05, 4.69) is 36.6 Å². The Morgan fingerprint density at radius 1 is 1.17 bits per heavy atom. The normalized spacial score (nSPS) is 14.4. The Labute approximate surface area is 113 Å². The molecule has 2 heteroatoms. The van der Waals surface area contributed by atoms with Crippen molar-refractivity contribution in [2.75, 3.05) is 0 Å². The van der Waals surface area contributed by atoms with E-state index >= 15 is 0 Å². The summed E-state index contributed by atoms with van der Waals surface area (Å²) < 4.78 is 0. The first-order valence-corrected chi connectivity index (χ1v) is 7.34. The van der Waals surface area contributed by atoms with Crippen molar-refractivity contribution in [2.45, 2.75) is 38.7 Å². The van der Waals surface area contributed by atoms with Gasteiger partial charge >= 0.3 is 0 Å². The second kappa shape index (κ2) is 5.68. The van der Waals surface area contributed by atoms with E-state index in [9.17, 15) is 5.11 Å². The quantitative estimate of drug-likeness (QED) is 0.856. The first-order valence-electron chi connectivity index (χ1n) is 6.46. The van der Waals surface area contributed by atoms with Gasteiger partial charge in [-0.05, 0) is 48.8 Å². The van der Waals surface area contributed by atoms with Crippen LogP contribution in [0.3, 0.4) is 0 Å². The topological polar surface area (TPSA) is 20.2 Å². The molecule has 1 nitrogen and oxygen atoms in total. The van der Waals surface area contributed by atoms with Gasteiger partial charge in [-0.1, -0.05) is 37.3 Å². The van der Waals surface area contributed by atoms with E-state index in [1.807, 2.05) is 19.1 Å². The van der Waals surface area contributed by atoms with Crippen LogP contribution in [0.4, 0.5) is 0 Å². The minimum Gasteiger partial charge on any atom is -0.385 e. The molecule has 18 heavy (non-hydrogen) atoms. The summed E-state index contributed by atoms with van der Waals surface area (Å²) in [6.07, 6.45) is 2.73. The molecule has 1 N–H and O–H groups in total. The van der Waals surface area contributed by atoms with Crippen molar-refractivity contribution in [3.8, 4) is 0 Å². The Morgan fingerprint density at radius 2 is 1.89 bits per heavy atom. The van der Waals surface area contributed by atoms with Crippen LogP contribution in [0.1, 0.15) is 36.3 Å². The Bertz CT molecular complexity index is 468. The highest BCUT2D eigenvalue weighted by Gasteiger charge is 2.22. The lowest BCUT2D eigenvalue weighted by atomic mass is 9.90. The van der Waals surface area contributed by atoms with Gasteiger partial charge in [-0.2, -0.15) is 0 Å². The summed E-state index contributed by atoms with van der Waals surface area (Å²) >= 11 is 1.75. The summed E-state index contributed by atoms with van der Waals surface area (Å²) in [7, 11) is 0. The molecule has 0 spiro atoms. The number of aryl methyl sites for hydroxylation is 2. The molecule has 1 heterocycles. The van der Waals surface area contributed by atoms with E-state index in [1.54, 1.807) is 11.3 Å². The number of hydrogen-bond acceptors (Lipinski definition) is 2. The van der Waals surface area contributed by atoms with Crippen molar-refractivity contribution in [1.29, 1.82) is 0 Å². The van der Waals surface area contributed by atoms with Gasteiger partial charge in [0.2, 0.25) is 0 Å². The molecule has 2 rings (SSSR count). The van der Waals surface area contributed by atoms with Crippen LogP contribution in [-0.2, 0) is 18.4 Å². The van der Waals surface area contributed by atoms with Crippen LogP contribution in [0.5, 0.6) is 0 Å². The molecule has 0 fully saturated rings. The fraction of sp³-hybridized carbons (Fsp3) is 0.375. The van der Waals surface area contributed by atoms with Crippen molar-refractivity contribution in [3.63, 3.8) is 0 Å². The molecule has 0 bridgehead atoms. The van der Waals surface area contributed by atoms with Gasteiger partial charge in [-0.3, -0.25) is 0 Å². The summed E-state index contributed by atoms with van der Waals surface area (Å²) in [6.45, 7) is 4.05. The zero-order valence-electron chi connectivity index (χ0n) is 11.0. The van der Waals surface area contributed by atoms with E-state index in [0.29, 0.717) is 0 Å². The predicted octanol–water partition coefficient (Wildman–Crippen LogP) is 4.15. The first kappa shape index (κ1) is 13.3. The van der Waals surface area contributed by atoms with Gasteiger partial charge in [-0.15, -0.1) is 11.3 Å². The molecule has 0 aliphatic carbocycles. The molecular weight excluding hydrogens is 240 g/mol. The van der Waals surface area contributed by atoms with Crippen LogP contribution in [0.2, 0.25) is 0 Å². The monoisotopic (exact) mass is 260 g/mol. The highest BCUT2D eigenvalue weighted by Crippen LogP contribution is 2.27. The molecule has 0 saturated heterocycles. The minimum atomic E-state index is -0.740. The number of rotatable bonds is 5. The minimum absolute atomic E-state index is 0.740. The number of aliphatic hydroxyl groups is 1. The van der Waals surface area contributed by atoms with Gasteiger partial charge in [0.05, 0.1) is 5.60 Å². The lowest BCUT2D eigenvalue weighted by Crippen LogP contribution is -2.21. The number of benzene rings is 1. The van der Waals surface area contributed by atoms with Gasteiger partial charge in [0.25, 0.3) is 0 Å². The molecule has 0 amide bonds. The fourth-order valence-corrected chi connectivity index (χ4v) is 2.77. The average molecular weight is 260 g/mol. The Kier molecular flexibility index (Phi) is 4.20. The van der Waals surface area contributed by atoms with Crippen LogP contribution in [-0.4, -0.2) is 5.11 Å². The lowest BCUT2D eigenvalue weighted by Gasteiger charge is -2.24. The molecule has 0 aliphatic rings. The van der Waals surface area contributed by atoms with Crippen LogP contribution in [0.15, 0.2) is 41.8 Å². The standard InChI is InChI=1S/C16H20OS/c1-3-13-6-8-14(9-7-13)16(2,17)11-10-15-5-4-12-18-15/h4-9,12,17H,3,10-11H2,1-2H3. The van der Waals surface area contributed by atoms with Gasteiger partial charge in [0.1, 0.15) is 0 Å². The van der Waals surface area contributed by atoms with Gasteiger partial charge in [0.15, 0.2) is 0 Å². The number of thiophene rings is 1. The van der Waals surface area contributed by atoms with Crippen LogP contribution in [0.25, 0.3) is 0 Å².